The minimum atomic E-state index is -0.857. The fourth-order valence-electron chi connectivity index (χ4n) is 7.90. The molecule has 4 atom stereocenters. The van der Waals surface area contributed by atoms with Crippen molar-refractivity contribution in [1.29, 1.82) is 0 Å². The predicted molar refractivity (Wildman–Crippen MR) is 187 cm³/mol. The van der Waals surface area contributed by atoms with Crippen LogP contribution in [0.25, 0.3) is 0 Å². The summed E-state index contributed by atoms with van der Waals surface area (Å²) in [6.45, 7) is 6.92. The van der Waals surface area contributed by atoms with E-state index in [-0.39, 0.29) is 42.8 Å². The van der Waals surface area contributed by atoms with Crippen molar-refractivity contribution in [3.05, 3.63) is 83.3 Å². The Labute approximate surface area is 284 Å². The van der Waals surface area contributed by atoms with Gasteiger partial charge in [0.05, 0.1) is 12.5 Å². The average Bonchev–Trinajstić information content (AvgIpc) is 3.66. The van der Waals surface area contributed by atoms with E-state index in [4.69, 9.17) is 9.47 Å². The van der Waals surface area contributed by atoms with Gasteiger partial charge in [0.15, 0.2) is 11.5 Å². The van der Waals surface area contributed by atoms with E-state index in [1.165, 1.54) is 6.07 Å². The van der Waals surface area contributed by atoms with Gasteiger partial charge in [0.2, 0.25) is 6.79 Å². The number of carbonyl (C=O) groups is 2. The number of aliphatic carboxylic acids is 1. The fraction of sp³-hybridized carbons (Fsp3) is 0.525. The lowest BCUT2D eigenvalue weighted by Crippen LogP contribution is -2.41. The Bertz CT molecular complexity index is 1510. The van der Waals surface area contributed by atoms with Crippen molar-refractivity contribution in [3.63, 3.8) is 0 Å². The third-order valence-corrected chi connectivity index (χ3v) is 10.3. The molecule has 1 unspecified atom stereocenters. The molecule has 1 fully saturated rings. The fourth-order valence-corrected chi connectivity index (χ4v) is 7.90. The number of hydrogen-bond donors (Lipinski definition) is 1. The van der Waals surface area contributed by atoms with Gasteiger partial charge in [0.25, 0.3) is 0 Å². The van der Waals surface area contributed by atoms with E-state index in [1.807, 2.05) is 36.4 Å². The average molecular weight is 659 g/mol. The third-order valence-electron chi connectivity index (χ3n) is 10.3. The van der Waals surface area contributed by atoms with Crippen LogP contribution in [0.3, 0.4) is 0 Å². The van der Waals surface area contributed by atoms with Gasteiger partial charge in [-0.2, -0.15) is 0 Å². The number of carboxylic acids is 1. The van der Waals surface area contributed by atoms with Crippen molar-refractivity contribution >= 4 is 17.5 Å². The largest absolute Gasteiger partial charge is 0.481 e. The molecule has 0 bridgehead atoms. The number of nitrogens with zero attached hydrogens (tertiary/aromatic N) is 2. The first-order valence-electron chi connectivity index (χ1n) is 17.8. The zero-order valence-electron chi connectivity index (χ0n) is 28.7. The topological polar surface area (TPSA) is 88.4 Å². The van der Waals surface area contributed by atoms with Crippen LogP contribution in [0.1, 0.15) is 94.2 Å². The molecule has 3 heterocycles. The van der Waals surface area contributed by atoms with E-state index in [0.717, 1.165) is 61.8 Å². The summed E-state index contributed by atoms with van der Waals surface area (Å²) >= 11 is 0. The van der Waals surface area contributed by atoms with Gasteiger partial charge in [-0.1, -0.05) is 69.9 Å². The number of allylic oxidation sites excluding steroid dienone is 3. The monoisotopic (exact) mass is 658 g/mol. The Morgan fingerprint density at radius 2 is 1.85 bits per heavy atom. The highest BCUT2D eigenvalue weighted by molar-refractivity contribution is 5.86. The van der Waals surface area contributed by atoms with E-state index < -0.39 is 11.9 Å². The zero-order valence-corrected chi connectivity index (χ0v) is 28.7. The first-order chi connectivity index (χ1) is 23.3. The first-order valence-corrected chi connectivity index (χ1v) is 17.8. The van der Waals surface area contributed by atoms with Crippen molar-refractivity contribution in [3.8, 4) is 11.5 Å². The summed E-state index contributed by atoms with van der Waals surface area (Å²) in [7, 11) is 0. The summed E-state index contributed by atoms with van der Waals surface area (Å²) in [6, 6.07) is 10.5. The van der Waals surface area contributed by atoms with Gasteiger partial charge in [0, 0.05) is 36.3 Å². The molecule has 258 valence electrons. The molecule has 0 amide bonds. The lowest BCUT2D eigenvalue weighted by molar-refractivity contribution is -0.143. The van der Waals surface area contributed by atoms with Crippen molar-refractivity contribution in [2.75, 3.05) is 19.9 Å². The lowest BCUT2D eigenvalue weighted by atomic mass is 9.82. The van der Waals surface area contributed by atoms with Gasteiger partial charge in [-0.15, -0.1) is 0 Å². The molecule has 2 aromatic carbocycles. The number of Topliss-reactive ketones (excluding diaryl/α,β-unsaturated/α-hetero) is 1. The highest BCUT2D eigenvalue weighted by atomic mass is 19.1. The lowest BCUT2D eigenvalue weighted by Gasteiger charge is -2.29. The molecule has 1 N–H and O–H groups in total. The van der Waals surface area contributed by atoms with Crippen LogP contribution in [0.4, 0.5) is 4.39 Å². The quantitative estimate of drug-likeness (QED) is 0.195. The van der Waals surface area contributed by atoms with Gasteiger partial charge >= 0.3 is 5.97 Å². The Hall–Kier alpha value is -3.78. The van der Waals surface area contributed by atoms with E-state index >= 15 is 0 Å². The molecule has 0 saturated carbocycles. The van der Waals surface area contributed by atoms with Crippen LogP contribution in [-0.4, -0.2) is 53.4 Å². The Balaban J connectivity index is 1.43. The molecule has 0 aromatic heterocycles. The molecule has 0 aliphatic carbocycles. The summed E-state index contributed by atoms with van der Waals surface area (Å²) in [4.78, 5) is 34.4. The van der Waals surface area contributed by atoms with Crippen LogP contribution < -0.4 is 9.47 Å². The van der Waals surface area contributed by atoms with Crippen molar-refractivity contribution < 1.29 is 28.6 Å². The maximum absolute atomic E-state index is 14.5. The second kappa shape index (κ2) is 17.0. The van der Waals surface area contributed by atoms with Crippen LogP contribution in [0.5, 0.6) is 11.5 Å². The minimum absolute atomic E-state index is 0.131. The number of carbonyl (C=O) groups excluding carboxylic acids is 1. The van der Waals surface area contributed by atoms with Crippen molar-refractivity contribution in [1.82, 2.24) is 4.90 Å². The standard InChI is InChI=1S/C40H51FN2O5/c1-4-10-28(11-5-2)21-31(22-29-13-16-34(41)27(3)20-29)36(44)25-43-24-33(30-14-18-37-38(23-30)48-26-47-37)39(40(45)46)35(43)17-15-32-12-8-6-7-9-19-42-32/h6-7,9,13-14,16,18-20,23,28,31,33,35,39H,4-5,8,10-12,15,17,21-22,24-26H2,1-3H3,(H,45,46)/b7-6-,19-9-,42-32?/t31?,33-,35+,39-/m1/s1. The van der Waals surface area contributed by atoms with Crippen LogP contribution in [0.2, 0.25) is 0 Å². The second-order valence-corrected chi connectivity index (χ2v) is 13.8. The maximum Gasteiger partial charge on any atom is 0.308 e. The Morgan fingerprint density at radius 1 is 1.06 bits per heavy atom. The van der Waals surface area contributed by atoms with Crippen LogP contribution in [0.15, 0.2) is 65.8 Å². The SMILES string of the molecule is CCCC(CCC)CC(Cc1ccc(F)c(C)c1)C(=O)CN1C[C@H](c2ccc3c(c2)OCO3)[C@@H](C(=O)O)[C@@H]1CCC1=N/C=C\C=C/CC1. The van der Waals surface area contributed by atoms with Gasteiger partial charge in [0.1, 0.15) is 11.6 Å². The van der Waals surface area contributed by atoms with Gasteiger partial charge < -0.3 is 14.6 Å². The molecule has 3 aliphatic rings. The number of aliphatic imine (C=N–C) groups is 1. The number of ether oxygens (including phenoxy) is 2. The Kier molecular flexibility index (Phi) is 12.6. The van der Waals surface area contributed by atoms with Gasteiger partial charge in [-0.25, -0.2) is 4.39 Å². The van der Waals surface area contributed by atoms with Crippen molar-refractivity contribution in [2.24, 2.45) is 22.7 Å². The number of carboxylic acid groups (broad SMARTS) is 1. The first kappa shape index (κ1) is 35.5. The van der Waals surface area contributed by atoms with E-state index in [2.05, 4.69) is 29.8 Å². The highest BCUT2D eigenvalue weighted by Crippen LogP contribution is 2.43. The number of halogens is 1. The van der Waals surface area contributed by atoms with Crippen LogP contribution in [0, 0.1) is 30.5 Å². The second-order valence-electron chi connectivity index (χ2n) is 13.8. The Morgan fingerprint density at radius 3 is 2.60 bits per heavy atom. The number of fused-ring (bicyclic) bond motifs is 1. The maximum atomic E-state index is 14.5. The number of benzene rings is 2. The van der Waals surface area contributed by atoms with Crippen molar-refractivity contribution in [2.45, 2.75) is 96.9 Å². The molecule has 48 heavy (non-hydrogen) atoms. The summed E-state index contributed by atoms with van der Waals surface area (Å²) in [6.07, 6.45) is 16.4. The van der Waals surface area contributed by atoms with E-state index in [0.29, 0.717) is 48.8 Å². The number of rotatable bonds is 16. The van der Waals surface area contributed by atoms with Gasteiger partial charge in [-0.3, -0.25) is 19.5 Å². The molecule has 0 radical (unpaired) electrons. The molecule has 7 nitrogen and oxygen atoms in total. The molecule has 5 rings (SSSR count). The molecular weight excluding hydrogens is 607 g/mol. The van der Waals surface area contributed by atoms with E-state index in [1.54, 1.807) is 19.2 Å². The smallest absolute Gasteiger partial charge is 0.308 e. The third kappa shape index (κ3) is 9.01. The minimum Gasteiger partial charge on any atom is -0.481 e. The number of aryl methyl sites for hydroxylation is 1. The van der Waals surface area contributed by atoms with Crippen LogP contribution >= 0.6 is 0 Å². The number of likely N-dealkylation sites (tertiary alicyclic amines) is 1. The summed E-state index contributed by atoms with van der Waals surface area (Å²) in [5, 5.41) is 10.7. The molecular formula is C40H51FN2O5. The summed E-state index contributed by atoms with van der Waals surface area (Å²) in [5.74, 6) is -0.516. The molecule has 3 aliphatic heterocycles. The molecule has 0 spiro atoms. The predicted octanol–water partition coefficient (Wildman–Crippen LogP) is 8.45. The number of ketones is 1. The summed E-state index contributed by atoms with van der Waals surface area (Å²) in [5.41, 5.74) is 3.47. The normalized spacial score (nSPS) is 22.6. The van der Waals surface area contributed by atoms with Gasteiger partial charge in [-0.05, 0) is 92.3 Å². The number of hydrogen-bond acceptors (Lipinski definition) is 6. The molecule has 2 aromatic rings. The molecule has 1 saturated heterocycles. The van der Waals surface area contributed by atoms with Crippen LogP contribution in [-0.2, 0) is 16.0 Å². The highest BCUT2D eigenvalue weighted by Gasteiger charge is 2.47. The van der Waals surface area contributed by atoms with E-state index in [9.17, 15) is 19.1 Å². The molecule has 8 heteroatoms. The summed E-state index contributed by atoms with van der Waals surface area (Å²) < 4.78 is 25.3. The zero-order chi connectivity index (χ0) is 34.0.